The average molecular weight is 269 g/mol. The quantitative estimate of drug-likeness (QED) is 0.634. The minimum Gasteiger partial charge on any atom is -0.457 e. The van der Waals surface area contributed by atoms with Crippen molar-refractivity contribution in [3.05, 3.63) is 48.2 Å². The van der Waals surface area contributed by atoms with Crippen LogP contribution in [-0.2, 0) is 14.3 Å². The molecule has 1 aromatic heterocycles. The van der Waals surface area contributed by atoms with E-state index >= 15 is 0 Å². The van der Waals surface area contributed by atoms with Gasteiger partial charge in [-0.2, -0.15) is 0 Å². The van der Waals surface area contributed by atoms with E-state index in [0.717, 1.165) is 22.9 Å². The van der Waals surface area contributed by atoms with Crippen molar-refractivity contribution in [2.45, 2.75) is 12.5 Å². The summed E-state index contributed by atoms with van der Waals surface area (Å²) < 4.78 is 10.4. The van der Waals surface area contributed by atoms with Crippen molar-refractivity contribution in [2.24, 2.45) is 0 Å². The Morgan fingerprint density at radius 2 is 2.25 bits per heavy atom. The molecule has 3 rings (SSSR count). The van der Waals surface area contributed by atoms with Crippen LogP contribution < -0.4 is 0 Å². The maximum atomic E-state index is 11.7. The topological polar surface area (TPSA) is 48.4 Å². The van der Waals surface area contributed by atoms with Crippen molar-refractivity contribution in [3.8, 4) is 0 Å². The molecule has 0 aliphatic carbocycles. The van der Waals surface area contributed by atoms with E-state index in [1.807, 2.05) is 30.3 Å². The second kappa shape index (κ2) is 5.84. The molecule has 0 N–H and O–H groups in total. The molecule has 1 fully saturated rings. The fourth-order valence-electron chi connectivity index (χ4n) is 2.23. The lowest BCUT2D eigenvalue weighted by molar-refractivity contribution is -0.142. The summed E-state index contributed by atoms with van der Waals surface area (Å²) in [4.78, 5) is 16.0. The number of esters is 1. The van der Waals surface area contributed by atoms with Crippen molar-refractivity contribution >= 4 is 22.9 Å². The van der Waals surface area contributed by atoms with Gasteiger partial charge in [0.05, 0.1) is 18.7 Å². The predicted molar refractivity (Wildman–Crippen MR) is 76.1 cm³/mol. The second-order valence-electron chi connectivity index (χ2n) is 4.67. The van der Waals surface area contributed by atoms with Gasteiger partial charge in [-0.25, -0.2) is 4.79 Å². The number of aromatic nitrogens is 1. The molecule has 1 aliphatic rings. The molecule has 0 spiro atoms. The molecule has 1 saturated heterocycles. The van der Waals surface area contributed by atoms with E-state index in [1.54, 1.807) is 12.3 Å². The minimum atomic E-state index is -0.332. The van der Waals surface area contributed by atoms with Gasteiger partial charge in [0.15, 0.2) is 0 Å². The van der Waals surface area contributed by atoms with Crippen LogP contribution in [-0.4, -0.2) is 30.3 Å². The molecule has 4 nitrogen and oxygen atoms in total. The Hall–Kier alpha value is -2.20. The number of carbonyl (C=O) groups excluding carboxylic acids is 1. The molecule has 0 saturated carbocycles. The van der Waals surface area contributed by atoms with Gasteiger partial charge in [0.2, 0.25) is 0 Å². The number of hydrogen-bond acceptors (Lipinski definition) is 4. The molecule has 0 bridgehead atoms. The average Bonchev–Trinajstić information content (AvgIpc) is 2.98. The summed E-state index contributed by atoms with van der Waals surface area (Å²) in [6.07, 6.45) is 5.62. The van der Waals surface area contributed by atoms with Crippen molar-refractivity contribution in [1.29, 1.82) is 0 Å². The highest BCUT2D eigenvalue weighted by molar-refractivity contribution is 5.93. The van der Waals surface area contributed by atoms with Crippen LogP contribution in [0.1, 0.15) is 12.0 Å². The molecule has 1 aliphatic heterocycles. The van der Waals surface area contributed by atoms with Gasteiger partial charge in [-0.15, -0.1) is 0 Å². The minimum absolute atomic E-state index is 0.110. The molecule has 102 valence electrons. The van der Waals surface area contributed by atoms with E-state index in [9.17, 15) is 4.79 Å². The Kier molecular flexibility index (Phi) is 3.74. The summed E-state index contributed by atoms with van der Waals surface area (Å²) in [6, 6.07) is 9.70. The molecule has 1 unspecified atom stereocenters. The van der Waals surface area contributed by atoms with Gasteiger partial charge in [0.1, 0.15) is 6.10 Å². The number of carbonyl (C=O) groups is 1. The lowest BCUT2D eigenvalue weighted by Crippen LogP contribution is -2.16. The highest BCUT2D eigenvalue weighted by atomic mass is 16.6. The number of para-hydroxylation sites is 1. The first kappa shape index (κ1) is 12.8. The summed E-state index contributed by atoms with van der Waals surface area (Å²) in [5, 5.41) is 1.02. The van der Waals surface area contributed by atoms with Crippen LogP contribution in [0, 0.1) is 0 Å². The van der Waals surface area contributed by atoms with E-state index in [2.05, 4.69) is 4.98 Å². The predicted octanol–water partition coefficient (Wildman–Crippen LogP) is 2.58. The standard InChI is InChI=1S/C16H15NO3/c18-16(20-13-8-10-19-11-13)6-5-12-7-9-17-15-4-2-1-3-14(12)15/h1-7,9,13H,8,10-11H2/b6-5+. The molecule has 2 aromatic rings. The van der Waals surface area contributed by atoms with Crippen molar-refractivity contribution in [3.63, 3.8) is 0 Å². The van der Waals surface area contributed by atoms with Gasteiger partial charge in [0.25, 0.3) is 0 Å². The summed E-state index contributed by atoms with van der Waals surface area (Å²) in [5.74, 6) is -0.332. The highest BCUT2D eigenvalue weighted by Crippen LogP contribution is 2.17. The Bertz CT molecular complexity index is 640. The van der Waals surface area contributed by atoms with E-state index in [4.69, 9.17) is 9.47 Å². The van der Waals surface area contributed by atoms with Crippen molar-refractivity contribution < 1.29 is 14.3 Å². The van der Waals surface area contributed by atoms with Crippen LogP contribution >= 0.6 is 0 Å². The Morgan fingerprint density at radius 3 is 3.10 bits per heavy atom. The van der Waals surface area contributed by atoms with Gasteiger partial charge in [-0.1, -0.05) is 18.2 Å². The molecule has 2 heterocycles. The van der Waals surface area contributed by atoms with Crippen LogP contribution in [0.3, 0.4) is 0 Å². The maximum absolute atomic E-state index is 11.7. The van der Waals surface area contributed by atoms with Crippen LogP contribution in [0.2, 0.25) is 0 Å². The van der Waals surface area contributed by atoms with Crippen LogP contribution in [0.5, 0.6) is 0 Å². The molecule has 1 atom stereocenters. The zero-order valence-corrected chi connectivity index (χ0v) is 11.0. The molecule has 20 heavy (non-hydrogen) atoms. The maximum Gasteiger partial charge on any atom is 0.331 e. The highest BCUT2D eigenvalue weighted by Gasteiger charge is 2.18. The van der Waals surface area contributed by atoms with Gasteiger partial charge in [0, 0.05) is 24.1 Å². The van der Waals surface area contributed by atoms with Crippen molar-refractivity contribution in [2.75, 3.05) is 13.2 Å². The third kappa shape index (κ3) is 2.86. The number of hydrogen-bond donors (Lipinski definition) is 0. The largest absolute Gasteiger partial charge is 0.457 e. The molecular weight excluding hydrogens is 254 g/mol. The van der Waals surface area contributed by atoms with Gasteiger partial charge >= 0.3 is 5.97 Å². The zero-order valence-electron chi connectivity index (χ0n) is 11.0. The zero-order chi connectivity index (χ0) is 13.8. The SMILES string of the molecule is O=C(/C=C/c1ccnc2ccccc12)OC1CCOC1. The van der Waals surface area contributed by atoms with Gasteiger partial charge in [-0.3, -0.25) is 4.98 Å². The summed E-state index contributed by atoms with van der Waals surface area (Å²) in [7, 11) is 0. The number of rotatable bonds is 3. The molecule has 0 radical (unpaired) electrons. The number of nitrogens with zero attached hydrogens (tertiary/aromatic N) is 1. The number of ether oxygens (including phenoxy) is 2. The Labute approximate surface area is 117 Å². The molecular formula is C16H15NO3. The Morgan fingerprint density at radius 1 is 1.35 bits per heavy atom. The third-order valence-corrected chi connectivity index (χ3v) is 3.25. The summed E-state index contributed by atoms with van der Waals surface area (Å²) >= 11 is 0. The van der Waals surface area contributed by atoms with E-state index in [-0.39, 0.29) is 12.1 Å². The summed E-state index contributed by atoms with van der Waals surface area (Å²) in [6.45, 7) is 1.16. The first-order chi connectivity index (χ1) is 9.83. The molecule has 0 amide bonds. The lowest BCUT2D eigenvalue weighted by atomic mass is 10.1. The summed E-state index contributed by atoms with van der Waals surface area (Å²) in [5.41, 5.74) is 1.86. The molecule has 4 heteroatoms. The van der Waals surface area contributed by atoms with Crippen LogP contribution in [0.25, 0.3) is 17.0 Å². The fraction of sp³-hybridized carbons (Fsp3) is 0.250. The number of benzene rings is 1. The third-order valence-electron chi connectivity index (χ3n) is 3.25. The van der Waals surface area contributed by atoms with Gasteiger partial charge in [-0.05, 0) is 23.8 Å². The van der Waals surface area contributed by atoms with E-state index in [0.29, 0.717) is 13.2 Å². The lowest BCUT2D eigenvalue weighted by Gasteiger charge is -2.07. The van der Waals surface area contributed by atoms with Crippen LogP contribution in [0.4, 0.5) is 0 Å². The fourth-order valence-corrected chi connectivity index (χ4v) is 2.23. The Balaban J connectivity index is 1.75. The second-order valence-corrected chi connectivity index (χ2v) is 4.67. The first-order valence-electron chi connectivity index (χ1n) is 6.63. The number of fused-ring (bicyclic) bond motifs is 1. The van der Waals surface area contributed by atoms with Gasteiger partial charge < -0.3 is 9.47 Å². The monoisotopic (exact) mass is 269 g/mol. The van der Waals surface area contributed by atoms with E-state index < -0.39 is 0 Å². The smallest absolute Gasteiger partial charge is 0.331 e. The van der Waals surface area contributed by atoms with E-state index in [1.165, 1.54) is 6.08 Å². The first-order valence-corrected chi connectivity index (χ1v) is 6.63. The normalized spacial score (nSPS) is 18.7. The van der Waals surface area contributed by atoms with Crippen molar-refractivity contribution in [1.82, 2.24) is 4.98 Å². The van der Waals surface area contributed by atoms with Crippen LogP contribution in [0.15, 0.2) is 42.6 Å². The molecule has 1 aromatic carbocycles. The number of pyridine rings is 1.